The first-order valence-electron chi connectivity index (χ1n) is 9.05. The van der Waals surface area contributed by atoms with Crippen LogP contribution in [0.15, 0.2) is 66.1 Å². The second-order valence-electron chi connectivity index (χ2n) is 6.13. The van der Waals surface area contributed by atoms with Gasteiger partial charge in [0.1, 0.15) is 15.8 Å². The molecule has 3 rings (SSSR count). The molecule has 0 aromatic heterocycles. The van der Waals surface area contributed by atoms with Crippen LogP contribution in [0, 0.1) is 0 Å². The first-order chi connectivity index (χ1) is 14.1. The van der Waals surface area contributed by atoms with Gasteiger partial charge in [-0.2, -0.15) is 0 Å². The van der Waals surface area contributed by atoms with Crippen LogP contribution in [0.4, 0.5) is 0 Å². The molecule has 0 atom stereocenters. The van der Waals surface area contributed by atoms with Gasteiger partial charge in [-0.1, -0.05) is 65.9 Å². The number of ether oxygens (including phenoxy) is 2. The van der Waals surface area contributed by atoms with Crippen LogP contribution in [0.5, 0.6) is 11.5 Å². The molecule has 1 aliphatic rings. The van der Waals surface area contributed by atoms with Crippen molar-refractivity contribution in [3.05, 3.63) is 76.7 Å². The average Bonchev–Trinajstić information content (AvgIpc) is 2.98. The lowest BCUT2D eigenvalue weighted by Crippen LogP contribution is -2.27. The zero-order valence-corrected chi connectivity index (χ0v) is 18.1. The number of carbonyl (C=O) groups is 1. The van der Waals surface area contributed by atoms with Crippen LogP contribution < -0.4 is 9.47 Å². The summed E-state index contributed by atoms with van der Waals surface area (Å²) < 4.78 is 11.9. The Morgan fingerprint density at radius 1 is 1.10 bits per heavy atom. The van der Waals surface area contributed by atoms with Gasteiger partial charge in [0.15, 0.2) is 0 Å². The number of thiocarbonyl (C=S) groups is 1. The summed E-state index contributed by atoms with van der Waals surface area (Å²) in [5, 5.41) is 0.602. The third-order valence-electron chi connectivity index (χ3n) is 4.01. The fraction of sp³-hybridized carbons (Fsp3) is 0.182. The van der Waals surface area contributed by atoms with Crippen molar-refractivity contribution in [1.82, 2.24) is 4.90 Å². The van der Waals surface area contributed by atoms with E-state index in [0.29, 0.717) is 39.8 Å². The summed E-state index contributed by atoms with van der Waals surface area (Å²) >= 11 is 12.6. The van der Waals surface area contributed by atoms with Crippen molar-refractivity contribution in [3.63, 3.8) is 0 Å². The van der Waals surface area contributed by atoms with Crippen LogP contribution in [0.1, 0.15) is 12.0 Å². The number of hydrogen-bond donors (Lipinski definition) is 0. The van der Waals surface area contributed by atoms with Crippen LogP contribution in [0.2, 0.25) is 5.02 Å². The van der Waals surface area contributed by atoms with Crippen LogP contribution in [-0.4, -0.2) is 34.9 Å². The molecule has 0 unspecified atom stereocenters. The minimum Gasteiger partial charge on any atom is -0.493 e. The summed E-state index contributed by atoms with van der Waals surface area (Å²) in [5.41, 5.74) is 0.915. The highest BCUT2D eigenvalue weighted by Gasteiger charge is 2.30. The predicted octanol–water partition coefficient (Wildman–Crippen LogP) is 5.58. The maximum atomic E-state index is 12.4. The van der Waals surface area contributed by atoms with E-state index in [4.69, 9.17) is 33.3 Å². The monoisotopic (exact) mass is 445 g/mol. The molecule has 0 radical (unpaired) electrons. The molecule has 0 spiro atoms. The smallest absolute Gasteiger partial charge is 0.266 e. The number of amides is 1. The Bertz CT molecular complexity index is 928. The van der Waals surface area contributed by atoms with Crippen molar-refractivity contribution >= 4 is 51.9 Å². The normalized spacial score (nSPS) is 15.1. The molecule has 0 bridgehead atoms. The quantitative estimate of drug-likeness (QED) is 0.218. The number of nitrogens with zero attached hydrogens (tertiary/aromatic N) is 1. The van der Waals surface area contributed by atoms with E-state index in [1.54, 1.807) is 17.0 Å². The van der Waals surface area contributed by atoms with Crippen molar-refractivity contribution in [3.8, 4) is 11.5 Å². The maximum Gasteiger partial charge on any atom is 0.266 e. The van der Waals surface area contributed by atoms with Crippen molar-refractivity contribution in [1.29, 1.82) is 0 Å². The highest BCUT2D eigenvalue weighted by molar-refractivity contribution is 8.26. The van der Waals surface area contributed by atoms with Crippen LogP contribution >= 0.6 is 35.6 Å². The zero-order chi connectivity index (χ0) is 20.6. The van der Waals surface area contributed by atoms with Crippen molar-refractivity contribution < 1.29 is 14.3 Å². The minimum absolute atomic E-state index is 0.0845. The molecule has 2 aromatic rings. The second-order valence-corrected chi connectivity index (χ2v) is 8.21. The zero-order valence-electron chi connectivity index (χ0n) is 15.7. The predicted molar refractivity (Wildman–Crippen MR) is 124 cm³/mol. The molecule has 0 aliphatic carbocycles. The van der Waals surface area contributed by atoms with E-state index in [2.05, 4.69) is 6.58 Å². The minimum atomic E-state index is -0.0845. The molecule has 1 aliphatic heterocycles. The third kappa shape index (κ3) is 5.85. The summed E-state index contributed by atoms with van der Waals surface area (Å²) in [6.07, 6.45) is 4.24. The standard InChI is InChI=1S/C22H20ClNO3S2/c1-2-12-24-21(25)20(29-22(24)28)15-16-8-10-17(11-9-16)26-13-5-14-27-19-7-4-3-6-18(19)23/h2-4,6-11,15H,1,5,12-14H2. The van der Waals surface area contributed by atoms with E-state index in [1.807, 2.05) is 48.5 Å². The van der Waals surface area contributed by atoms with E-state index in [1.165, 1.54) is 11.8 Å². The number of para-hydroxylation sites is 1. The largest absolute Gasteiger partial charge is 0.493 e. The molecule has 1 amide bonds. The van der Waals surface area contributed by atoms with Gasteiger partial charge in [-0.15, -0.1) is 6.58 Å². The molecule has 29 heavy (non-hydrogen) atoms. The Hall–Kier alpha value is -2.28. The number of halogens is 1. The fourth-order valence-corrected chi connectivity index (χ4v) is 4.06. The summed E-state index contributed by atoms with van der Waals surface area (Å²) in [7, 11) is 0. The van der Waals surface area contributed by atoms with Crippen LogP contribution in [0.3, 0.4) is 0 Å². The van der Waals surface area contributed by atoms with Gasteiger partial charge in [-0.25, -0.2) is 0 Å². The summed E-state index contributed by atoms with van der Waals surface area (Å²) in [6, 6.07) is 15.0. The fourth-order valence-electron chi connectivity index (χ4n) is 2.59. The van der Waals surface area contributed by atoms with Crippen molar-refractivity contribution in [2.75, 3.05) is 19.8 Å². The van der Waals surface area contributed by atoms with Crippen LogP contribution in [-0.2, 0) is 4.79 Å². The molecule has 0 saturated carbocycles. The second kappa shape index (κ2) is 10.5. The SMILES string of the molecule is C=CCN1C(=O)C(=Cc2ccc(OCCCOc3ccccc3Cl)cc2)SC1=S. The van der Waals surface area contributed by atoms with E-state index < -0.39 is 0 Å². The van der Waals surface area contributed by atoms with Gasteiger partial charge in [0.05, 0.1) is 23.1 Å². The molecule has 2 aromatic carbocycles. The van der Waals surface area contributed by atoms with Gasteiger partial charge in [-0.05, 0) is 35.9 Å². The van der Waals surface area contributed by atoms with E-state index in [-0.39, 0.29) is 5.91 Å². The van der Waals surface area contributed by atoms with Gasteiger partial charge >= 0.3 is 0 Å². The maximum absolute atomic E-state index is 12.4. The van der Waals surface area contributed by atoms with Crippen molar-refractivity contribution in [2.45, 2.75) is 6.42 Å². The molecule has 0 N–H and O–H groups in total. The lowest BCUT2D eigenvalue weighted by atomic mass is 10.2. The molecule has 1 fully saturated rings. The van der Waals surface area contributed by atoms with Gasteiger partial charge < -0.3 is 9.47 Å². The third-order valence-corrected chi connectivity index (χ3v) is 5.70. The Kier molecular flexibility index (Phi) is 7.75. The summed E-state index contributed by atoms with van der Waals surface area (Å²) in [5.74, 6) is 1.36. The van der Waals surface area contributed by atoms with Gasteiger partial charge in [-0.3, -0.25) is 9.69 Å². The lowest BCUT2D eigenvalue weighted by molar-refractivity contribution is -0.121. The first-order valence-corrected chi connectivity index (χ1v) is 10.6. The van der Waals surface area contributed by atoms with Gasteiger partial charge in [0.25, 0.3) is 5.91 Å². The average molecular weight is 446 g/mol. The number of benzene rings is 2. The molecule has 4 nitrogen and oxygen atoms in total. The molecule has 7 heteroatoms. The molecule has 1 saturated heterocycles. The summed E-state index contributed by atoms with van der Waals surface area (Å²) in [6.45, 7) is 5.14. The van der Waals surface area contributed by atoms with Crippen molar-refractivity contribution in [2.24, 2.45) is 0 Å². The highest BCUT2D eigenvalue weighted by atomic mass is 35.5. The Labute approximate surface area is 185 Å². The molecule has 150 valence electrons. The number of rotatable bonds is 9. The van der Waals surface area contributed by atoms with E-state index >= 15 is 0 Å². The number of hydrogen-bond acceptors (Lipinski definition) is 5. The first kappa shape index (κ1) is 21.4. The molecule has 1 heterocycles. The Morgan fingerprint density at radius 3 is 2.55 bits per heavy atom. The number of thioether (sulfide) groups is 1. The van der Waals surface area contributed by atoms with Gasteiger partial charge in [0.2, 0.25) is 0 Å². The topological polar surface area (TPSA) is 38.8 Å². The highest BCUT2D eigenvalue weighted by Crippen LogP contribution is 2.32. The Morgan fingerprint density at radius 2 is 1.83 bits per heavy atom. The molecular weight excluding hydrogens is 426 g/mol. The van der Waals surface area contributed by atoms with Crippen LogP contribution in [0.25, 0.3) is 6.08 Å². The van der Waals surface area contributed by atoms with Gasteiger partial charge in [0, 0.05) is 13.0 Å². The Balaban J connectivity index is 1.47. The molecular formula is C22H20ClNO3S2. The number of carbonyl (C=O) groups excluding carboxylic acids is 1. The summed E-state index contributed by atoms with van der Waals surface area (Å²) in [4.78, 5) is 14.5. The van der Waals surface area contributed by atoms with E-state index in [0.717, 1.165) is 17.7 Å². The van der Waals surface area contributed by atoms with E-state index in [9.17, 15) is 4.79 Å². The lowest BCUT2D eigenvalue weighted by Gasteiger charge is -2.10.